The van der Waals surface area contributed by atoms with Crippen molar-refractivity contribution in [1.82, 2.24) is 0 Å². The van der Waals surface area contributed by atoms with Crippen LogP contribution in [-0.4, -0.2) is 96.7 Å². The van der Waals surface area contributed by atoms with E-state index in [1.165, 1.54) is 218 Å². The molecule has 0 aliphatic heterocycles. The molecule has 0 fully saturated rings. The van der Waals surface area contributed by atoms with E-state index < -0.39 is 97.5 Å². The second kappa shape index (κ2) is 69.2. The Morgan fingerprint density at radius 2 is 0.505 bits per heavy atom. The quantitative estimate of drug-likeness (QED) is 0.0222. The molecule has 6 atom stereocenters. The normalized spacial score (nSPS) is 14.2. The summed E-state index contributed by atoms with van der Waals surface area (Å²) in [5.74, 6) is -1.28. The lowest BCUT2D eigenvalue weighted by Gasteiger charge is -2.21. The minimum absolute atomic E-state index is 0.106. The number of rotatable bonds is 76. The molecule has 19 heteroatoms. The Kier molecular flexibility index (Phi) is 67.7. The van der Waals surface area contributed by atoms with Crippen LogP contribution in [0.25, 0.3) is 0 Å². The maximum atomic E-state index is 13.1. The summed E-state index contributed by atoms with van der Waals surface area (Å²) in [7, 11) is -9.90. The SMILES string of the molecule is CCCCCCCCCCCCCCCCCCCCCCCC(=O)O[C@H](COC(=O)CCCCCCCCCCCCCCCCC(C)CC)COP(=O)(O)OC[C@@H](O)COP(=O)(O)OC[C@@H](COC(=O)CCCCCCC)OC(=O)CCCCCCCCCCCCC. The second-order valence-corrected chi connectivity index (χ2v) is 30.5. The van der Waals surface area contributed by atoms with Gasteiger partial charge in [-0.15, -0.1) is 0 Å². The number of phosphoric acid groups is 2. The van der Waals surface area contributed by atoms with Crippen molar-refractivity contribution in [3.05, 3.63) is 0 Å². The molecule has 0 bridgehead atoms. The first-order valence-corrected chi connectivity index (χ1v) is 42.7. The van der Waals surface area contributed by atoms with Crippen LogP contribution in [0.5, 0.6) is 0 Å². The summed E-state index contributed by atoms with van der Waals surface area (Å²) in [5.41, 5.74) is 0. The molecule has 0 rings (SSSR count). The maximum Gasteiger partial charge on any atom is 0.472 e. The molecule has 0 saturated carbocycles. The van der Waals surface area contributed by atoms with Gasteiger partial charge in [0.1, 0.15) is 19.3 Å². The summed E-state index contributed by atoms with van der Waals surface area (Å²) in [6.45, 7) is 7.25. The van der Waals surface area contributed by atoms with Gasteiger partial charge in [0.15, 0.2) is 12.2 Å². The fraction of sp³-hybridized carbons (Fsp3) is 0.947. The van der Waals surface area contributed by atoms with Gasteiger partial charge in [-0.3, -0.25) is 37.3 Å². The molecule has 3 N–H and O–H groups in total. The minimum Gasteiger partial charge on any atom is -0.462 e. The Morgan fingerprint density at radius 3 is 0.747 bits per heavy atom. The van der Waals surface area contributed by atoms with Crippen LogP contribution in [0, 0.1) is 5.92 Å². The first-order valence-electron chi connectivity index (χ1n) is 39.7. The van der Waals surface area contributed by atoms with E-state index in [-0.39, 0.29) is 25.7 Å². The summed E-state index contributed by atoms with van der Waals surface area (Å²) in [6, 6.07) is 0. The number of carbonyl (C=O) groups is 4. The first kappa shape index (κ1) is 93.1. The van der Waals surface area contributed by atoms with E-state index in [2.05, 4.69) is 34.6 Å². The standard InChI is InChI=1S/C76H148O17P2/c1-6-10-13-16-18-20-22-23-24-25-26-27-28-29-30-35-39-43-47-52-57-62-76(81)93-72(66-87-74(79)60-55-50-45-41-38-34-32-31-33-37-40-44-49-53-58-69(5)9-4)68-91-95(84,85)89-64-70(77)63-88-94(82,83)90-67-71(65-86-73(78)59-54-48-15-12-8-3)92-75(80)61-56-51-46-42-36-21-19-17-14-11-7-2/h69-72,77H,6-68H2,1-5H3,(H,82,83)(H,84,85)/t69?,70-,71+,72+/m0/s1. The first-order chi connectivity index (χ1) is 46.1. The molecule has 0 spiro atoms. The molecule has 3 unspecified atom stereocenters. The molecule has 0 amide bonds. The fourth-order valence-electron chi connectivity index (χ4n) is 11.7. The third-order valence-electron chi connectivity index (χ3n) is 18.1. The van der Waals surface area contributed by atoms with Gasteiger partial charge < -0.3 is 33.8 Å². The molecule has 0 aliphatic carbocycles. The van der Waals surface area contributed by atoms with Gasteiger partial charge in [0.05, 0.1) is 26.4 Å². The number of esters is 4. The summed E-state index contributed by atoms with van der Waals surface area (Å²) >= 11 is 0. The van der Waals surface area contributed by atoms with E-state index in [0.29, 0.717) is 25.7 Å². The Bertz CT molecular complexity index is 1820. The molecular weight excluding hydrogens is 1250 g/mol. The van der Waals surface area contributed by atoms with Crippen molar-refractivity contribution in [3.8, 4) is 0 Å². The highest BCUT2D eigenvalue weighted by Gasteiger charge is 2.30. The molecule has 17 nitrogen and oxygen atoms in total. The molecule has 0 saturated heterocycles. The predicted molar refractivity (Wildman–Crippen MR) is 386 cm³/mol. The number of phosphoric ester groups is 2. The predicted octanol–water partition coefficient (Wildman–Crippen LogP) is 22.5. The Balaban J connectivity index is 5.12. The van der Waals surface area contributed by atoms with Gasteiger partial charge in [-0.1, -0.05) is 349 Å². The highest BCUT2D eigenvalue weighted by Crippen LogP contribution is 2.45. The molecule has 0 aromatic carbocycles. The van der Waals surface area contributed by atoms with Crippen molar-refractivity contribution in [2.75, 3.05) is 39.6 Å². The van der Waals surface area contributed by atoms with E-state index in [4.69, 9.17) is 37.0 Å². The van der Waals surface area contributed by atoms with Gasteiger partial charge in [0, 0.05) is 25.7 Å². The lowest BCUT2D eigenvalue weighted by Crippen LogP contribution is -2.30. The Labute approximate surface area is 581 Å². The van der Waals surface area contributed by atoms with Crippen molar-refractivity contribution in [2.24, 2.45) is 5.92 Å². The van der Waals surface area contributed by atoms with Gasteiger partial charge in [-0.2, -0.15) is 0 Å². The van der Waals surface area contributed by atoms with Crippen molar-refractivity contribution in [2.45, 2.75) is 419 Å². The highest BCUT2D eigenvalue weighted by atomic mass is 31.2. The fourth-order valence-corrected chi connectivity index (χ4v) is 13.3. The van der Waals surface area contributed by atoms with Crippen molar-refractivity contribution in [1.29, 1.82) is 0 Å². The third kappa shape index (κ3) is 69.0. The van der Waals surface area contributed by atoms with Crippen LogP contribution < -0.4 is 0 Å². The molecule has 0 radical (unpaired) electrons. The number of hydrogen-bond donors (Lipinski definition) is 3. The average molecular weight is 1400 g/mol. The topological polar surface area (TPSA) is 237 Å². The van der Waals surface area contributed by atoms with Crippen LogP contribution in [0.3, 0.4) is 0 Å². The van der Waals surface area contributed by atoms with Gasteiger partial charge in [-0.25, -0.2) is 9.13 Å². The Hall–Kier alpha value is -1.94. The molecule has 0 aromatic heterocycles. The van der Waals surface area contributed by atoms with Crippen LogP contribution in [0.1, 0.15) is 401 Å². The van der Waals surface area contributed by atoms with E-state index in [1.54, 1.807) is 0 Å². The zero-order chi connectivity index (χ0) is 69.8. The molecule has 564 valence electrons. The van der Waals surface area contributed by atoms with E-state index in [1.807, 2.05) is 0 Å². The molecule has 0 aliphatic rings. The van der Waals surface area contributed by atoms with Crippen LogP contribution in [-0.2, 0) is 65.4 Å². The average Bonchev–Trinajstić information content (AvgIpc) is 1.63. The molecule has 0 heterocycles. The Morgan fingerprint density at radius 1 is 0.295 bits per heavy atom. The van der Waals surface area contributed by atoms with Crippen molar-refractivity contribution < 1.29 is 80.2 Å². The zero-order valence-corrected chi connectivity index (χ0v) is 63.6. The van der Waals surface area contributed by atoms with Crippen molar-refractivity contribution in [3.63, 3.8) is 0 Å². The van der Waals surface area contributed by atoms with Crippen LogP contribution in [0.4, 0.5) is 0 Å². The molecule has 95 heavy (non-hydrogen) atoms. The lowest BCUT2D eigenvalue weighted by molar-refractivity contribution is -0.161. The highest BCUT2D eigenvalue weighted by molar-refractivity contribution is 7.47. The minimum atomic E-state index is -4.95. The molecular formula is C76H148O17P2. The second-order valence-electron chi connectivity index (χ2n) is 27.6. The van der Waals surface area contributed by atoms with E-state index >= 15 is 0 Å². The zero-order valence-electron chi connectivity index (χ0n) is 61.8. The van der Waals surface area contributed by atoms with Gasteiger partial charge >= 0.3 is 39.5 Å². The maximum absolute atomic E-state index is 13.1. The summed E-state index contributed by atoms with van der Waals surface area (Å²) in [6.07, 6.45) is 58.7. The smallest absolute Gasteiger partial charge is 0.462 e. The number of hydrogen-bond acceptors (Lipinski definition) is 15. The number of aliphatic hydroxyl groups is 1. The van der Waals surface area contributed by atoms with Crippen LogP contribution in [0.2, 0.25) is 0 Å². The number of carbonyl (C=O) groups excluding carboxylic acids is 4. The summed E-state index contributed by atoms with van der Waals surface area (Å²) in [4.78, 5) is 72.5. The van der Waals surface area contributed by atoms with E-state index in [0.717, 1.165) is 102 Å². The number of unbranched alkanes of at least 4 members (excludes halogenated alkanes) is 47. The van der Waals surface area contributed by atoms with Gasteiger partial charge in [0.25, 0.3) is 0 Å². The summed E-state index contributed by atoms with van der Waals surface area (Å²) in [5, 5.41) is 10.6. The van der Waals surface area contributed by atoms with E-state index in [9.17, 15) is 43.2 Å². The van der Waals surface area contributed by atoms with Gasteiger partial charge in [-0.05, 0) is 31.6 Å². The number of aliphatic hydroxyl groups excluding tert-OH is 1. The van der Waals surface area contributed by atoms with Crippen LogP contribution in [0.15, 0.2) is 0 Å². The molecule has 0 aromatic rings. The summed E-state index contributed by atoms with van der Waals surface area (Å²) < 4.78 is 68.3. The largest absolute Gasteiger partial charge is 0.472 e. The van der Waals surface area contributed by atoms with Crippen LogP contribution >= 0.6 is 15.6 Å². The van der Waals surface area contributed by atoms with Crippen molar-refractivity contribution >= 4 is 39.5 Å². The monoisotopic (exact) mass is 1400 g/mol. The van der Waals surface area contributed by atoms with Gasteiger partial charge in [0.2, 0.25) is 0 Å². The lowest BCUT2D eigenvalue weighted by atomic mass is 9.99. The third-order valence-corrected chi connectivity index (χ3v) is 20.0. The number of ether oxygens (including phenoxy) is 4.